The van der Waals surface area contributed by atoms with E-state index < -0.39 is 0 Å². The first-order chi connectivity index (χ1) is 9.25. The van der Waals surface area contributed by atoms with Gasteiger partial charge < -0.3 is 4.90 Å². The van der Waals surface area contributed by atoms with Crippen LogP contribution in [0.4, 0.5) is 0 Å². The average Bonchev–Trinajstić information content (AvgIpc) is 2.46. The van der Waals surface area contributed by atoms with Crippen LogP contribution >= 0.6 is 15.9 Å². The fraction of sp³-hybridized carbons (Fsp3) is 0.562. The molecule has 102 valence electrons. The molecule has 0 saturated carbocycles. The van der Waals surface area contributed by atoms with Gasteiger partial charge >= 0.3 is 0 Å². The van der Waals surface area contributed by atoms with Crippen LogP contribution in [0, 0.1) is 0 Å². The van der Waals surface area contributed by atoms with E-state index in [0.717, 1.165) is 38.8 Å². The zero-order valence-corrected chi connectivity index (χ0v) is 12.7. The fourth-order valence-electron chi connectivity index (χ4n) is 3.36. The van der Waals surface area contributed by atoms with Crippen molar-refractivity contribution < 1.29 is 4.79 Å². The Labute approximate surface area is 123 Å². The Morgan fingerprint density at radius 2 is 2.05 bits per heavy atom. The van der Waals surface area contributed by atoms with Crippen molar-refractivity contribution in [1.29, 1.82) is 0 Å². The van der Waals surface area contributed by atoms with Crippen LogP contribution in [-0.4, -0.2) is 28.7 Å². The van der Waals surface area contributed by atoms with Crippen LogP contribution in [0.2, 0.25) is 0 Å². The van der Waals surface area contributed by atoms with E-state index in [4.69, 9.17) is 0 Å². The number of carbonyl (C=O) groups is 1. The number of aryl methyl sites for hydroxylation is 1. The van der Waals surface area contributed by atoms with Crippen molar-refractivity contribution in [3.05, 3.63) is 35.4 Å². The minimum absolute atomic E-state index is 0.0998. The van der Waals surface area contributed by atoms with Crippen LogP contribution in [0.5, 0.6) is 0 Å². The molecule has 2 aliphatic rings. The van der Waals surface area contributed by atoms with Gasteiger partial charge in [0.15, 0.2) is 0 Å². The lowest BCUT2D eigenvalue weighted by atomic mass is 9.82. The Kier molecular flexibility index (Phi) is 3.92. The van der Waals surface area contributed by atoms with Crippen LogP contribution in [0.15, 0.2) is 24.3 Å². The monoisotopic (exact) mass is 321 g/mol. The summed E-state index contributed by atoms with van der Waals surface area (Å²) in [5, 5.41) is 0. The molecule has 0 bridgehead atoms. The molecule has 1 aromatic rings. The predicted octanol–water partition coefficient (Wildman–Crippen LogP) is 3.49. The molecule has 1 heterocycles. The number of hydrogen-bond donors (Lipinski definition) is 0. The summed E-state index contributed by atoms with van der Waals surface area (Å²) in [5.41, 5.74) is 2.65. The second-order valence-corrected chi connectivity index (χ2v) is 6.96. The standard InChI is InChI=1S/C16H20BrNO/c17-13-7-4-10-18(11-13)16(19)15-9-3-6-12-5-1-2-8-14(12)15/h1-2,5,8,13,15H,3-4,6-7,9-11H2. The molecule has 2 unspecified atom stereocenters. The number of piperidine rings is 1. The molecule has 1 aliphatic carbocycles. The molecule has 19 heavy (non-hydrogen) atoms. The molecule has 3 rings (SSSR count). The van der Waals surface area contributed by atoms with Gasteiger partial charge in [-0.05, 0) is 43.2 Å². The lowest BCUT2D eigenvalue weighted by molar-refractivity contribution is -0.133. The third kappa shape index (κ3) is 2.71. The van der Waals surface area contributed by atoms with Crippen LogP contribution in [-0.2, 0) is 11.2 Å². The van der Waals surface area contributed by atoms with Gasteiger partial charge in [-0.15, -0.1) is 0 Å². The van der Waals surface area contributed by atoms with Gasteiger partial charge in [-0.3, -0.25) is 4.79 Å². The van der Waals surface area contributed by atoms with Crippen LogP contribution in [0.25, 0.3) is 0 Å². The first-order valence-electron chi connectivity index (χ1n) is 7.26. The molecule has 1 amide bonds. The van der Waals surface area contributed by atoms with Crippen LogP contribution in [0.3, 0.4) is 0 Å². The molecule has 1 aliphatic heterocycles. The van der Waals surface area contributed by atoms with Crippen molar-refractivity contribution in [2.75, 3.05) is 13.1 Å². The van der Waals surface area contributed by atoms with E-state index in [1.807, 2.05) is 0 Å². The number of likely N-dealkylation sites (tertiary alicyclic amines) is 1. The molecular weight excluding hydrogens is 302 g/mol. The maximum Gasteiger partial charge on any atom is 0.230 e. The number of amides is 1. The molecule has 1 fully saturated rings. The zero-order chi connectivity index (χ0) is 13.2. The van der Waals surface area contributed by atoms with Crippen LogP contribution in [0.1, 0.15) is 42.7 Å². The van der Waals surface area contributed by atoms with Crippen molar-refractivity contribution in [2.45, 2.75) is 42.8 Å². The Morgan fingerprint density at radius 1 is 1.21 bits per heavy atom. The second kappa shape index (κ2) is 5.66. The van der Waals surface area contributed by atoms with Crippen LogP contribution < -0.4 is 0 Å². The highest BCUT2D eigenvalue weighted by Crippen LogP contribution is 2.33. The van der Waals surface area contributed by atoms with E-state index in [1.54, 1.807) is 0 Å². The molecule has 0 N–H and O–H groups in total. The first kappa shape index (κ1) is 13.2. The van der Waals surface area contributed by atoms with E-state index in [2.05, 4.69) is 45.1 Å². The normalized spacial score (nSPS) is 26.9. The number of fused-ring (bicyclic) bond motifs is 1. The number of carbonyl (C=O) groups excluding carboxylic acids is 1. The summed E-state index contributed by atoms with van der Waals surface area (Å²) in [6.07, 6.45) is 5.58. The van der Waals surface area contributed by atoms with E-state index in [1.165, 1.54) is 17.5 Å². The smallest absolute Gasteiger partial charge is 0.230 e. The Morgan fingerprint density at radius 3 is 2.89 bits per heavy atom. The Hall–Kier alpha value is -0.830. The largest absolute Gasteiger partial charge is 0.341 e. The highest BCUT2D eigenvalue weighted by Gasteiger charge is 2.31. The highest BCUT2D eigenvalue weighted by atomic mass is 79.9. The summed E-state index contributed by atoms with van der Waals surface area (Å²) in [4.78, 5) is 15.3. The summed E-state index contributed by atoms with van der Waals surface area (Å²) in [6.45, 7) is 1.80. The Bertz CT molecular complexity index is 474. The summed E-state index contributed by atoms with van der Waals surface area (Å²) in [7, 11) is 0. The van der Waals surface area contributed by atoms with Gasteiger partial charge in [-0.2, -0.15) is 0 Å². The molecule has 2 nitrogen and oxygen atoms in total. The van der Waals surface area contributed by atoms with Gasteiger partial charge in [0.2, 0.25) is 5.91 Å². The predicted molar refractivity (Wildman–Crippen MR) is 80.7 cm³/mol. The molecular formula is C16H20BrNO. The van der Waals surface area contributed by atoms with E-state index in [0.29, 0.717) is 10.7 Å². The van der Waals surface area contributed by atoms with Gasteiger partial charge in [0.05, 0.1) is 5.92 Å². The molecule has 1 aromatic carbocycles. The Balaban J connectivity index is 1.81. The van der Waals surface area contributed by atoms with Crippen molar-refractivity contribution >= 4 is 21.8 Å². The van der Waals surface area contributed by atoms with Crippen molar-refractivity contribution in [3.8, 4) is 0 Å². The number of benzene rings is 1. The molecule has 2 atom stereocenters. The average molecular weight is 322 g/mol. The van der Waals surface area contributed by atoms with E-state index >= 15 is 0 Å². The van der Waals surface area contributed by atoms with Gasteiger partial charge in [0.1, 0.15) is 0 Å². The number of halogens is 1. The number of alkyl halides is 1. The maximum absolute atomic E-state index is 12.8. The number of hydrogen-bond acceptors (Lipinski definition) is 1. The molecule has 0 spiro atoms. The van der Waals surface area contributed by atoms with Gasteiger partial charge in [0.25, 0.3) is 0 Å². The minimum Gasteiger partial charge on any atom is -0.341 e. The van der Waals surface area contributed by atoms with Crippen molar-refractivity contribution in [3.63, 3.8) is 0 Å². The molecule has 0 aromatic heterocycles. The highest BCUT2D eigenvalue weighted by molar-refractivity contribution is 9.09. The summed E-state index contributed by atoms with van der Waals surface area (Å²) >= 11 is 3.66. The SMILES string of the molecule is O=C(C1CCCc2ccccc21)N1CCCC(Br)C1. The quantitative estimate of drug-likeness (QED) is 0.725. The zero-order valence-electron chi connectivity index (χ0n) is 11.1. The topological polar surface area (TPSA) is 20.3 Å². The number of nitrogens with zero attached hydrogens (tertiary/aromatic N) is 1. The minimum atomic E-state index is 0.0998. The van der Waals surface area contributed by atoms with Gasteiger partial charge in [-0.25, -0.2) is 0 Å². The van der Waals surface area contributed by atoms with Crippen molar-refractivity contribution in [2.24, 2.45) is 0 Å². The van der Waals surface area contributed by atoms with Crippen molar-refractivity contribution in [1.82, 2.24) is 4.90 Å². The fourth-order valence-corrected chi connectivity index (χ4v) is 4.03. The lowest BCUT2D eigenvalue weighted by Crippen LogP contribution is -2.43. The summed E-state index contributed by atoms with van der Waals surface area (Å²) in [6, 6.07) is 8.47. The van der Waals surface area contributed by atoms with E-state index in [-0.39, 0.29) is 5.92 Å². The summed E-state index contributed by atoms with van der Waals surface area (Å²) < 4.78 is 0. The first-order valence-corrected chi connectivity index (χ1v) is 8.18. The van der Waals surface area contributed by atoms with Gasteiger partial charge in [0, 0.05) is 17.9 Å². The maximum atomic E-state index is 12.8. The van der Waals surface area contributed by atoms with Gasteiger partial charge in [-0.1, -0.05) is 40.2 Å². The third-order valence-electron chi connectivity index (χ3n) is 4.34. The number of rotatable bonds is 1. The molecule has 1 saturated heterocycles. The third-order valence-corrected chi connectivity index (χ3v) is 5.09. The second-order valence-electron chi connectivity index (χ2n) is 5.67. The molecule has 0 radical (unpaired) electrons. The molecule has 3 heteroatoms. The summed E-state index contributed by atoms with van der Waals surface area (Å²) in [5.74, 6) is 0.444. The van der Waals surface area contributed by atoms with E-state index in [9.17, 15) is 4.79 Å². The lowest BCUT2D eigenvalue weighted by Gasteiger charge is -2.34.